The molecule has 0 spiro atoms. The molecule has 0 aliphatic heterocycles. The van der Waals surface area contributed by atoms with Crippen molar-refractivity contribution in [1.82, 2.24) is 10.0 Å². The molecule has 1 atom stereocenters. The first kappa shape index (κ1) is 21.2. The molecule has 3 aromatic carbocycles. The highest BCUT2D eigenvalue weighted by Crippen LogP contribution is 2.18. The van der Waals surface area contributed by atoms with Gasteiger partial charge in [-0.2, -0.15) is 5.26 Å². The number of rotatable bonds is 7. The van der Waals surface area contributed by atoms with E-state index in [1.54, 1.807) is 37.3 Å². The lowest BCUT2D eigenvalue weighted by atomic mass is 10.1. The van der Waals surface area contributed by atoms with Crippen LogP contribution in [0.15, 0.2) is 83.8 Å². The highest BCUT2D eigenvalue weighted by Gasteiger charge is 2.19. The maximum Gasteiger partial charge on any atom is 0.251 e. The minimum atomic E-state index is -3.81. The Morgan fingerprint density at radius 1 is 1.00 bits per heavy atom. The Labute approximate surface area is 176 Å². The summed E-state index contributed by atoms with van der Waals surface area (Å²) in [7, 11) is -3.81. The number of carbonyl (C=O) groups excluding carboxylic acids is 1. The van der Waals surface area contributed by atoms with Gasteiger partial charge in [0.2, 0.25) is 10.0 Å². The van der Waals surface area contributed by atoms with Gasteiger partial charge in [0.25, 0.3) is 5.91 Å². The maximum absolute atomic E-state index is 12.8. The molecule has 1 unspecified atom stereocenters. The van der Waals surface area contributed by atoms with Crippen molar-refractivity contribution in [2.24, 2.45) is 0 Å². The molecule has 0 bridgehead atoms. The minimum Gasteiger partial charge on any atom is -0.348 e. The molecular formula is C23H21N3O3S. The average Bonchev–Trinajstić information content (AvgIpc) is 2.78. The first-order valence-corrected chi connectivity index (χ1v) is 10.8. The number of nitriles is 1. The van der Waals surface area contributed by atoms with Crippen molar-refractivity contribution in [3.63, 3.8) is 0 Å². The Morgan fingerprint density at radius 2 is 1.73 bits per heavy atom. The normalized spacial score (nSPS) is 12.0. The van der Waals surface area contributed by atoms with Crippen LogP contribution < -0.4 is 10.0 Å². The van der Waals surface area contributed by atoms with E-state index in [0.29, 0.717) is 5.56 Å². The third-order valence-corrected chi connectivity index (χ3v) is 6.09. The van der Waals surface area contributed by atoms with E-state index >= 15 is 0 Å². The third kappa shape index (κ3) is 5.32. The Hall–Kier alpha value is -3.47. The molecule has 3 rings (SSSR count). The fourth-order valence-corrected chi connectivity index (χ4v) is 4.23. The molecule has 1 amide bonds. The number of amides is 1. The third-order valence-electron chi connectivity index (χ3n) is 4.55. The fraction of sp³-hybridized carbons (Fsp3) is 0.130. The molecule has 0 aliphatic carbocycles. The zero-order chi connectivity index (χ0) is 21.6. The van der Waals surface area contributed by atoms with Crippen LogP contribution in [-0.2, 0) is 16.6 Å². The SMILES string of the molecule is CC(NS(=O)(=O)c1cccc(C(=O)NCc2cccc(C#N)c2)c1)c1ccccc1. The van der Waals surface area contributed by atoms with Crippen molar-refractivity contribution < 1.29 is 13.2 Å². The lowest BCUT2D eigenvalue weighted by molar-refractivity contribution is 0.0950. The van der Waals surface area contributed by atoms with Gasteiger partial charge in [-0.25, -0.2) is 13.1 Å². The van der Waals surface area contributed by atoms with E-state index in [1.165, 1.54) is 18.2 Å². The number of hydrogen-bond donors (Lipinski definition) is 2. The molecule has 30 heavy (non-hydrogen) atoms. The largest absolute Gasteiger partial charge is 0.348 e. The van der Waals surface area contributed by atoms with Crippen molar-refractivity contribution in [2.45, 2.75) is 24.4 Å². The van der Waals surface area contributed by atoms with Crippen molar-refractivity contribution in [2.75, 3.05) is 0 Å². The van der Waals surface area contributed by atoms with Crippen molar-refractivity contribution in [3.8, 4) is 6.07 Å². The summed E-state index contributed by atoms with van der Waals surface area (Å²) in [6.45, 7) is 1.99. The maximum atomic E-state index is 12.8. The number of hydrogen-bond acceptors (Lipinski definition) is 4. The Bertz CT molecular complexity index is 1190. The molecule has 3 aromatic rings. The van der Waals surface area contributed by atoms with Gasteiger partial charge in [0.15, 0.2) is 0 Å². The van der Waals surface area contributed by atoms with Crippen molar-refractivity contribution >= 4 is 15.9 Å². The van der Waals surface area contributed by atoms with Crippen LogP contribution in [0.1, 0.15) is 40.0 Å². The summed E-state index contributed by atoms with van der Waals surface area (Å²) in [6, 6.07) is 23.7. The van der Waals surface area contributed by atoms with Crippen LogP contribution in [0.5, 0.6) is 0 Å². The number of benzene rings is 3. The zero-order valence-corrected chi connectivity index (χ0v) is 17.2. The molecule has 0 fully saturated rings. The topological polar surface area (TPSA) is 99.1 Å². The van der Waals surface area contributed by atoms with Crippen molar-refractivity contribution in [3.05, 3.63) is 101 Å². The highest BCUT2D eigenvalue weighted by molar-refractivity contribution is 7.89. The van der Waals surface area contributed by atoms with Crippen LogP contribution in [0.25, 0.3) is 0 Å². The smallest absolute Gasteiger partial charge is 0.251 e. The van der Waals surface area contributed by atoms with Crippen LogP contribution in [0.4, 0.5) is 0 Å². The van der Waals surface area contributed by atoms with E-state index in [4.69, 9.17) is 5.26 Å². The van der Waals surface area contributed by atoms with E-state index < -0.39 is 22.0 Å². The van der Waals surface area contributed by atoms with E-state index in [9.17, 15) is 13.2 Å². The lowest BCUT2D eigenvalue weighted by Crippen LogP contribution is -2.27. The summed E-state index contributed by atoms with van der Waals surface area (Å²) in [4.78, 5) is 12.5. The number of sulfonamides is 1. The molecular weight excluding hydrogens is 398 g/mol. The van der Waals surface area contributed by atoms with Gasteiger partial charge >= 0.3 is 0 Å². The second-order valence-corrected chi connectivity index (χ2v) is 8.49. The number of nitrogens with one attached hydrogen (secondary N) is 2. The Kier molecular flexibility index (Phi) is 6.62. The summed E-state index contributed by atoms with van der Waals surface area (Å²) in [5.41, 5.74) is 2.37. The molecule has 7 heteroatoms. The van der Waals surface area contributed by atoms with E-state index in [1.807, 2.05) is 30.3 Å². The number of nitrogens with zero attached hydrogens (tertiary/aromatic N) is 1. The van der Waals surface area contributed by atoms with Crippen LogP contribution >= 0.6 is 0 Å². The molecule has 0 aromatic heterocycles. The Morgan fingerprint density at radius 3 is 2.47 bits per heavy atom. The molecule has 0 radical (unpaired) electrons. The van der Waals surface area contributed by atoms with E-state index in [2.05, 4.69) is 16.1 Å². The second-order valence-electron chi connectivity index (χ2n) is 6.78. The Balaban J connectivity index is 1.71. The first-order valence-electron chi connectivity index (χ1n) is 9.33. The summed E-state index contributed by atoms with van der Waals surface area (Å²) in [5.74, 6) is -0.398. The molecule has 152 valence electrons. The van der Waals surface area contributed by atoms with Gasteiger partial charge in [0, 0.05) is 18.2 Å². The molecule has 0 aliphatic rings. The molecule has 0 saturated carbocycles. The van der Waals surface area contributed by atoms with Crippen molar-refractivity contribution in [1.29, 1.82) is 5.26 Å². The highest BCUT2D eigenvalue weighted by atomic mass is 32.2. The van der Waals surface area contributed by atoms with E-state index in [0.717, 1.165) is 11.1 Å². The fourth-order valence-electron chi connectivity index (χ4n) is 2.95. The molecule has 0 saturated heterocycles. The van der Waals surface area contributed by atoms with Crippen LogP contribution in [0.2, 0.25) is 0 Å². The van der Waals surface area contributed by atoms with Gasteiger partial charge < -0.3 is 5.32 Å². The predicted molar refractivity (Wildman–Crippen MR) is 114 cm³/mol. The number of carbonyl (C=O) groups is 1. The van der Waals surface area contributed by atoms with Crippen LogP contribution in [0.3, 0.4) is 0 Å². The van der Waals surface area contributed by atoms with Gasteiger partial charge in [-0.3, -0.25) is 4.79 Å². The van der Waals surface area contributed by atoms with E-state index in [-0.39, 0.29) is 17.0 Å². The first-order chi connectivity index (χ1) is 14.4. The summed E-state index contributed by atoms with van der Waals surface area (Å²) >= 11 is 0. The standard InChI is InChI=1S/C23H21N3O3S/c1-17(20-9-3-2-4-10-20)26-30(28,29)22-12-6-11-21(14-22)23(27)25-16-19-8-5-7-18(13-19)15-24/h2-14,17,26H,16H2,1H3,(H,25,27). The summed E-state index contributed by atoms with van der Waals surface area (Å²) in [5, 5.41) is 11.7. The molecule has 0 heterocycles. The molecule has 2 N–H and O–H groups in total. The van der Waals surface area contributed by atoms with Gasteiger partial charge in [-0.1, -0.05) is 48.5 Å². The zero-order valence-electron chi connectivity index (χ0n) is 16.4. The minimum absolute atomic E-state index is 0.0180. The second kappa shape index (κ2) is 9.35. The van der Waals surface area contributed by atoms with Gasteiger partial charge in [-0.05, 0) is 48.4 Å². The van der Waals surface area contributed by atoms with Gasteiger partial charge in [0.1, 0.15) is 0 Å². The van der Waals surface area contributed by atoms with Gasteiger partial charge in [0.05, 0.1) is 16.5 Å². The lowest BCUT2D eigenvalue weighted by Gasteiger charge is -2.15. The quantitative estimate of drug-likeness (QED) is 0.612. The van der Waals surface area contributed by atoms with Crippen LogP contribution in [-0.4, -0.2) is 14.3 Å². The average molecular weight is 420 g/mol. The molecule has 6 nitrogen and oxygen atoms in total. The van der Waals surface area contributed by atoms with Gasteiger partial charge in [-0.15, -0.1) is 0 Å². The predicted octanol–water partition coefficient (Wildman–Crippen LogP) is 3.53. The summed E-state index contributed by atoms with van der Waals surface area (Å²) < 4.78 is 28.2. The van der Waals surface area contributed by atoms with Crippen LogP contribution in [0, 0.1) is 11.3 Å². The monoisotopic (exact) mass is 419 g/mol. The summed E-state index contributed by atoms with van der Waals surface area (Å²) in [6.07, 6.45) is 0.